The fraction of sp³-hybridized carbons (Fsp3) is 0.280. The lowest BCUT2D eigenvalue weighted by Crippen LogP contribution is -2.15. The molecule has 4 rings (SSSR count). The fourth-order valence-corrected chi connectivity index (χ4v) is 3.93. The van der Waals surface area contributed by atoms with Gasteiger partial charge in [-0.15, -0.1) is 0 Å². The molecule has 0 radical (unpaired) electrons. The third-order valence-electron chi connectivity index (χ3n) is 5.62. The summed E-state index contributed by atoms with van der Waals surface area (Å²) in [5.74, 6) is -2.60. The van der Waals surface area contributed by atoms with Crippen molar-refractivity contribution in [2.24, 2.45) is 0 Å². The Balaban J connectivity index is 1.76. The first-order chi connectivity index (χ1) is 18.3. The second kappa shape index (κ2) is 11.5. The molecule has 0 aliphatic heterocycles. The van der Waals surface area contributed by atoms with Crippen molar-refractivity contribution < 1.29 is 32.5 Å². The molecule has 38 heavy (non-hydrogen) atoms. The Bertz CT molecular complexity index is 1560. The van der Waals surface area contributed by atoms with Gasteiger partial charge >= 0.3 is 11.7 Å². The number of aromatic nitrogens is 4. The Kier molecular flexibility index (Phi) is 8.10. The normalized spacial score (nSPS) is 11.0. The largest absolute Gasteiger partial charge is 0.496 e. The van der Waals surface area contributed by atoms with Gasteiger partial charge in [-0.05, 0) is 18.6 Å². The van der Waals surface area contributed by atoms with E-state index in [2.05, 4.69) is 15.0 Å². The zero-order valence-corrected chi connectivity index (χ0v) is 21.4. The number of carbonyl (C=O) groups excluding carboxylic acids is 1. The van der Waals surface area contributed by atoms with Crippen molar-refractivity contribution in [3.05, 3.63) is 69.0 Å². The molecule has 0 spiro atoms. The number of nitrogens with one attached hydrogen (secondary N) is 1. The molecule has 0 aliphatic rings. The summed E-state index contributed by atoms with van der Waals surface area (Å²) in [5, 5.41) is 0.0809. The summed E-state index contributed by atoms with van der Waals surface area (Å²) in [7, 11) is 2.68. The van der Waals surface area contributed by atoms with Crippen molar-refractivity contribution in [1.29, 1.82) is 0 Å². The van der Waals surface area contributed by atoms with Crippen LogP contribution in [0.4, 0.5) is 8.78 Å². The number of halogens is 3. The Morgan fingerprint density at radius 2 is 1.87 bits per heavy atom. The van der Waals surface area contributed by atoms with E-state index in [1.165, 1.54) is 32.4 Å². The van der Waals surface area contributed by atoms with Crippen molar-refractivity contribution in [2.75, 3.05) is 20.8 Å². The lowest BCUT2D eigenvalue weighted by molar-refractivity contribution is 0.0495. The third-order valence-corrected chi connectivity index (χ3v) is 5.92. The Morgan fingerprint density at radius 3 is 2.58 bits per heavy atom. The second-order valence-electron chi connectivity index (χ2n) is 7.96. The third kappa shape index (κ3) is 5.12. The highest BCUT2D eigenvalue weighted by Crippen LogP contribution is 2.37. The lowest BCUT2D eigenvalue weighted by atomic mass is 10.2. The number of imidazole rings is 1. The van der Waals surface area contributed by atoms with E-state index in [0.717, 1.165) is 23.4 Å². The number of benzene rings is 2. The average molecular weight is 549 g/mol. The van der Waals surface area contributed by atoms with Gasteiger partial charge in [-0.2, -0.15) is 0 Å². The monoisotopic (exact) mass is 548 g/mol. The average Bonchev–Trinajstić information content (AvgIpc) is 3.25. The maximum Gasteiger partial charge on any atom is 0.359 e. The quantitative estimate of drug-likeness (QED) is 0.226. The summed E-state index contributed by atoms with van der Waals surface area (Å²) in [6, 6.07) is 4.98. The van der Waals surface area contributed by atoms with Gasteiger partial charge in [-0.3, -0.25) is 0 Å². The zero-order valence-electron chi connectivity index (χ0n) is 20.6. The molecule has 0 aliphatic carbocycles. The molecule has 0 saturated heterocycles. The lowest BCUT2D eigenvalue weighted by Gasteiger charge is -2.16. The van der Waals surface area contributed by atoms with E-state index >= 15 is 0 Å². The van der Waals surface area contributed by atoms with Crippen LogP contribution in [0.5, 0.6) is 17.2 Å². The van der Waals surface area contributed by atoms with Crippen molar-refractivity contribution in [3.63, 3.8) is 0 Å². The number of esters is 1. The van der Waals surface area contributed by atoms with E-state index in [1.54, 1.807) is 0 Å². The first-order valence-corrected chi connectivity index (χ1v) is 11.8. The molecule has 2 aromatic carbocycles. The molecule has 2 aromatic heterocycles. The summed E-state index contributed by atoms with van der Waals surface area (Å²) < 4.78 is 50.8. The highest BCUT2D eigenvalue weighted by atomic mass is 35.5. The summed E-state index contributed by atoms with van der Waals surface area (Å²) in [6.07, 6.45) is 2.63. The van der Waals surface area contributed by atoms with Crippen LogP contribution in [-0.4, -0.2) is 46.3 Å². The first-order valence-electron chi connectivity index (χ1n) is 11.4. The molecule has 10 nitrogen and oxygen atoms in total. The van der Waals surface area contributed by atoms with Crippen LogP contribution in [0.25, 0.3) is 16.9 Å². The Morgan fingerprint density at radius 1 is 1.11 bits per heavy atom. The number of unbranched alkanes of at least 4 members (excludes halogenated alkanes) is 1. The minimum atomic E-state index is -1.12. The predicted molar refractivity (Wildman–Crippen MR) is 133 cm³/mol. The number of ether oxygens (including phenoxy) is 4. The first kappa shape index (κ1) is 26.9. The maximum absolute atomic E-state index is 14.4. The molecule has 0 unspecified atom stereocenters. The van der Waals surface area contributed by atoms with Gasteiger partial charge in [-0.25, -0.2) is 32.9 Å². The number of methoxy groups -OCH3 is 2. The molecule has 0 saturated carbocycles. The van der Waals surface area contributed by atoms with E-state index in [0.29, 0.717) is 6.42 Å². The topological polar surface area (TPSA) is 118 Å². The number of fused-ring (bicyclic) bond motifs is 1. The molecular weight excluding hydrogens is 526 g/mol. The molecule has 4 aromatic rings. The van der Waals surface area contributed by atoms with Crippen molar-refractivity contribution in [3.8, 4) is 22.9 Å². The summed E-state index contributed by atoms with van der Waals surface area (Å²) in [4.78, 5) is 36.2. The Hall–Kier alpha value is -4.19. The zero-order chi connectivity index (χ0) is 27.4. The van der Waals surface area contributed by atoms with E-state index in [9.17, 15) is 18.4 Å². The van der Waals surface area contributed by atoms with E-state index in [1.807, 2.05) is 6.92 Å². The minimum absolute atomic E-state index is 0.0555. The van der Waals surface area contributed by atoms with Crippen LogP contribution in [0, 0.1) is 11.6 Å². The van der Waals surface area contributed by atoms with E-state index in [4.69, 9.17) is 30.5 Å². The van der Waals surface area contributed by atoms with E-state index in [-0.39, 0.29) is 57.0 Å². The SMILES string of the molecule is CCCCOC(=O)c1ncnc2c1[nH]c(=O)n2-c1cc(OCc2c(OC)ccc(F)c2F)c(OC)cc1Cl. The number of aromatic amines is 1. The van der Waals surface area contributed by atoms with Gasteiger partial charge in [-0.1, -0.05) is 24.9 Å². The summed E-state index contributed by atoms with van der Waals surface area (Å²) >= 11 is 6.47. The number of hydrogen-bond acceptors (Lipinski definition) is 8. The second-order valence-corrected chi connectivity index (χ2v) is 8.37. The van der Waals surface area contributed by atoms with E-state index < -0.39 is 29.9 Å². The van der Waals surface area contributed by atoms with Gasteiger partial charge in [0.05, 0.1) is 37.1 Å². The van der Waals surface area contributed by atoms with Crippen LogP contribution < -0.4 is 19.9 Å². The van der Waals surface area contributed by atoms with Gasteiger partial charge < -0.3 is 23.9 Å². The van der Waals surface area contributed by atoms with Gasteiger partial charge in [0.1, 0.15) is 24.2 Å². The van der Waals surface area contributed by atoms with Crippen molar-refractivity contribution in [1.82, 2.24) is 19.5 Å². The predicted octanol–water partition coefficient (Wildman–Crippen LogP) is 4.59. The number of carbonyl (C=O) groups is 1. The molecule has 200 valence electrons. The number of nitrogens with zero attached hydrogens (tertiary/aromatic N) is 3. The van der Waals surface area contributed by atoms with Gasteiger partial charge in [0.2, 0.25) is 0 Å². The molecule has 0 fully saturated rings. The summed E-state index contributed by atoms with van der Waals surface area (Å²) in [5.41, 5.74) is -0.706. The highest BCUT2D eigenvalue weighted by molar-refractivity contribution is 6.32. The molecule has 0 atom stereocenters. The van der Waals surface area contributed by atoms with Gasteiger partial charge in [0.15, 0.2) is 34.5 Å². The van der Waals surface area contributed by atoms with Gasteiger partial charge in [0.25, 0.3) is 0 Å². The fourth-order valence-electron chi connectivity index (χ4n) is 3.69. The molecule has 0 amide bonds. The molecule has 2 heterocycles. The van der Waals surface area contributed by atoms with Crippen molar-refractivity contribution in [2.45, 2.75) is 26.4 Å². The highest BCUT2D eigenvalue weighted by Gasteiger charge is 2.23. The summed E-state index contributed by atoms with van der Waals surface area (Å²) in [6.45, 7) is 1.73. The smallest absolute Gasteiger partial charge is 0.359 e. The molecule has 0 bridgehead atoms. The molecule has 13 heteroatoms. The number of H-pyrrole nitrogens is 1. The Labute approximate surface area is 220 Å². The standard InChI is InChI=1S/C25H23ClF2N4O6/c1-4-5-8-37-24(33)22-21-23(30-12-29-22)32(25(34)31-21)16-10-19(18(36-3)9-14(16)26)38-11-13-17(35-2)7-6-15(27)20(13)28/h6-7,9-10,12H,4-5,8,11H2,1-3H3,(H,31,34). The van der Waals surface area contributed by atoms with Crippen LogP contribution in [0.3, 0.4) is 0 Å². The van der Waals surface area contributed by atoms with Gasteiger partial charge in [0, 0.05) is 12.1 Å². The number of hydrogen-bond donors (Lipinski definition) is 1. The molecular formula is C25H23ClF2N4O6. The van der Waals surface area contributed by atoms with Crippen LogP contribution in [0.15, 0.2) is 35.4 Å². The van der Waals surface area contributed by atoms with Crippen LogP contribution in [-0.2, 0) is 11.3 Å². The maximum atomic E-state index is 14.4. The van der Waals surface area contributed by atoms with Crippen LogP contribution >= 0.6 is 11.6 Å². The van der Waals surface area contributed by atoms with Crippen LogP contribution in [0.2, 0.25) is 5.02 Å². The minimum Gasteiger partial charge on any atom is -0.496 e. The number of rotatable bonds is 10. The van der Waals surface area contributed by atoms with Crippen LogP contribution in [0.1, 0.15) is 35.8 Å². The molecule has 1 N–H and O–H groups in total. The van der Waals surface area contributed by atoms with Crippen molar-refractivity contribution >= 4 is 28.7 Å².